The van der Waals surface area contributed by atoms with E-state index in [4.69, 9.17) is 14.2 Å². The molecule has 2 heterocycles. The van der Waals surface area contributed by atoms with E-state index in [0.717, 1.165) is 43.7 Å². The van der Waals surface area contributed by atoms with E-state index in [-0.39, 0.29) is 11.8 Å². The summed E-state index contributed by atoms with van der Waals surface area (Å²) in [6, 6.07) is 10.8. The van der Waals surface area contributed by atoms with Crippen LogP contribution in [0.2, 0.25) is 0 Å². The molecule has 0 saturated carbocycles. The van der Waals surface area contributed by atoms with Gasteiger partial charge in [-0.2, -0.15) is 21.6 Å². The van der Waals surface area contributed by atoms with E-state index in [1.807, 2.05) is 0 Å². The van der Waals surface area contributed by atoms with Crippen molar-refractivity contribution in [3.8, 4) is 17.2 Å². The zero-order valence-corrected chi connectivity index (χ0v) is 18.1. The van der Waals surface area contributed by atoms with Gasteiger partial charge in [0.15, 0.2) is 6.29 Å². The Balaban J connectivity index is 1.38. The monoisotopic (exact) mass is 486 g/mol. The van der Waals surface area contributed by atoms with Crippen molar-refractivity contribution < 1.29 is 40.0 Å². The number of imidazole rings is 1. The fraction of sp³-hybridized carbons (Fsp3) is 0.381. The molecule has 12 heteroatoms. The maximum atomic E-state index is 12.5. The predicted octanol–water partition coefficient (Wildman–Crippen LogP) is 4.18. The fourth-order valence-electron chi connectivity index (χ4n) is 3.31. The molecule has 1 unspecified atom stereocenters. The van der Waals surface area contributed by atoms with Crippen LogP contribution in [0.5, 0.6) is 11.5 Å². The van der Waals surface area contributed by atoms with Crippen molar-refractivity contribution in [2.75, 3.05) is 19.8 Å². The SMILES string of the molecule is O=S(=O)(Oc1ccc2c(c1)ncn2-c1ccc(OCCOC2CCCCO2)cc1)C(F)(F)F. The number of nitrogens with zero attached hydrogens (tertiary/aromatic N) is 2. The van der Waals surface area contributed by atoms with Crippen LogP contribution in [0.15, 0.2) is 48.8 Å². The maximum absolute atomic E-state index is 12.5. The topological polar surface area (TPSA) is 88.9 Å². The third-order valence-corrected chi connectivity index (χ3v) is 5.90. The van der Waals surface area contributed by atoms with Crippen molar-refractivity contribution in [2.45, 2.75) is 31.1 Å². The molecule has 1 aliphatic rings. The number of halogens is 3. The van der Waals surface area contributed by atoms with E-state index >= 15 is 0 Å². The Bertz CT molecular complexity index is 1190. The highest BCUT2D eigenvalue weighted by atomic mass is 32.2. The number of hydrogen-bond donors (Lipinski definition) is 0. The minimum absolute atomic E-state index is 0.168. The van der Waals surface area contributed by atoms with E-state index in [9.17, 15) is 21.6 Å². The second kappa shape index (κ2) is 9.57. The molecule has 0 aliphatic carbocycles. The second-order valence-electron chi connectivity index (χ2n) is 7.26. The van der Waals surface area contributed by atoms with Gasteiger partial charge in [0, 0.05) is 18.4 Å². The Morgan fingerprint density at radius 2 is 1.82 bits per heavy atom. The molecule has 8 nitrogen and oxygen atoms in total. The summed E-state index contributed by atoms with van der Waals surface area (Å²) in [5, 5.41) is 0. The number of ether oxygens (including phenoxy) is 3. The molecular formula is C21H21F3N2O6S. The average molecular weight is 486 g/mol. The van der Waals surface area contributed by atoms with E-state index in [0.29, 0.717) is 24.5 Å². The maximum Gasteiger partial charge on any atom is 0.534 e. The molecule has 4 rings (SSSR count). The number of aromatic nitrogens is 2. The zero-order chi connectivity index (χ0) is 23.5. The summed E-state index contributed by atoms with van der Waals surface area (Å²) in [6.45, 7) is 1.50. The summed E-state index contributed by atoms with van der Waals surface area (Å²) in [7, 11) is -5.75. The molecule has 0 spiro atoms. The van der Waals surface area contributed by atoms with Gasteiger partial charge in [0.2, 0.25) is 0 Å². The van der Waals surface area contributed by atoms with Gasteiger partial charge in [-0.25, -0.2) is 4.98 Å². The molecular weight excluding hydrogens is 465 g/mol. The first-order chi connectivity index (χ1) is 15.7. The molecule has 3 aromatic rings. The number of benzene rings is 2. The Morgan fingerprint density at radius 1 is 1.06 bits per heavy atom. The lowest BCUT2D eigenvalue weighted by Gasteiger charge is -2.22. The van der Waals surface area contributed by atoms with Gasteiger partial charge in [-0.3, -0.25) is 4.57 Å². The minimum atomic E-state index is -5.75. The summed E-state index contributed by atoms with van der Waals surface area (Å²) in [4.78, 5) is 4.12. The molecule has 1 aliphatic heterocycles. The molecule has 1 fully saturated rings. The number of fused-ring (bicyclic) bond motifs is 1. The Morgan fingerprint density at radius 3 is 2.52 bits per heavy atom. The smallest absolute Gasteiger partial charge is 0.491 e. The molecule has 0 N–H and O–H groups in total. The lowest BCUT2D eigenvalue weighted by atomic mass is 10.2. The third kappa shape index (κ3) is 5.57. The van der Waals surface area contributed by atoms with Gasteiger partial charge in [-0.05, 0) is 55.7 Å². The van der Waals surface area contributed by atoms with Crippen LogP contribution in [0.25, 0.3) is 16.7 Å². The first-order valence-corrected chi connectivity index (χ1v) is 11.6. The molecule has 1 atom stereocenters. The van der Waals surface area contributed by atoms with Crippen LogP contribution >= 0.6 is 0 Å². The number of alkyl halides is 3. The zero-order valence-electron chi connectivity index (χ0n) is 17.3. The molecule has 33 heavy (non-hydrogen) atoms. The molecule has 0 amide bonds. The van der Waals surface area contributed by atoms with E-state index in [2.05, 4.69) is 9.17 Å². The second-order valence-corrected chi connectivity index (χ2v) is 8.80. The van der Waals surface area contributed by atoms with Crippen molar-refractivity contribution in [3.05, 3.63) is 48.8 Å². The molecule has 2 aromatic carbocycles. The quantitative estimate of drug-likeness (QED) is 0.268. The third-order valence-electron chi connectivity index (χ3n) is 4.92. The standard InChI is InChI=1S/C21H21F3N2O6S/c22-21(23,24)33(27,28)32-17-8-9-19-18(13-17)25-14-26(19)15-4-6-16(7-5-15)29-11-12-31-20-3-1-2-10-30-20/h4-9,13-14,20H,1-3,10-12H2. The van der Waals surface area contributed by atoms with Crippen molar-refractivity contribution in [1.82, 2.24) is 9.55 Å². The van der Waals surface area contributed by atoms with Crippen LogP contribution in [0.1, 0.15) is 19.3 Å². The molecule has 1 aromatic heterocycles. The van der Waals surface area contributed by atoms with E-state index in [1.165, 1.54) is 12.4 Å². The van der Waals surface area contributed by atoms with Crippen molar-refractivity contribution >= 4 is 21.2 Å². The normalized spacial score (nSPS) is 17.2. The van der Waals surface area contributed by atoms with E-state index in [1.54, 1.807) is 28.8 Å². The Hall–Kier alpha value is -2.83. The lowest BCUT2D eigenvalue weighted by Crippen LogP contribution is -2.28. The summed E-state index contributed by atoms with van der Waals surface area (Å²) in [6.07, 6.45) is 4.35. The van der Waals surface area contributed by atoms with Crippen LogP contribution in [0, 0.1) is 0 Å². The van der Waals surface area contributed by atoms with Gasteiger partial charge >= 0.3 is 15.6 Å². The summed E-state index contributed by atoms with van der Waals surface area (Å²) in [5.41, 5.74) is -3.96. The Labute approximate surface area is 188 Å². The summed E-state index contributed by atoms with van der Waals surface area (Å²) < 4.78 is 82.6. The van der Waals surface area contributed by atoms with E-state index < -0.39 is 21.4 Å². The first-order valence-electron chi connectivity index (χ1n) is 10.2. The average Bonchev–Trinajstić information content (AvgIpc) is 3.20. The first kappa shape index (κ1) is 23.3. The van der Waals surface area contributed by atoms with Gasteiger partial charge in [-0.15, -0.1) is 0 Å². The highest BCUT2D eigenvalue weighted by Gasteiger charge is 2.48. The minimum Gasteiger partial charge on any atom is -0.491 e. The highest BCUT2D eigenvalue weighted by molar-refractivity contribution is 7.88. The van der Waals surface area contributed by atoms with Crippen molar-refractivity contribution in [2.24, 2.45) is 0 Å². The molecule has 1 saturated heterocycles. The Kier molecular flexibility index (Phi) is 6.77. The fourth-order valence-corrected chi connectivity index (χ4v) is 3.76. The van der Waals surface area contributed by atoms with Gasteiger partial charge in [0.1, 0.15) is 24.4 Å². The van der Waals surface area contributed by atoms with Gasteiger partial charge in [0.05, 0.1) is 17.6 Å². The van der Waals surface area contributed by atoms with Gasteiger partial charge in [0.25, 0.3) is 0 Å². The molecule has 0 radical (unpaired) electrons. The van der Waals surface area contributed by atoms with Crippen LogP contribution in [-0.4, -0.2) is 49.6 Å². The van der Waals surface area contributed by atoms with Gasteiger partial charge < -0.3 is 18.4 Å². The lowest BCUT2D eigenvalue weighted by molar-refractivity contribution is -0.165. The molecule has 178 valence electrons. The largest absolute Gasteiger partial charge is 0.534 e. The highest BCUT2D eigenvalue weighted by Crippen LogP contribution is 2.29. The van der Waals surface area contributed by atoms with Crippen LogP contribution < -0.4 is 8.92 Å². The number of hydrogen-bond acceptors (Lipinski definition) is 7. The van der Waals surface area contributed by atoms with Crippen molar-refractivity contribution in [3.63, 3.8) is 0 Å². The van der Waals surface area contributed by atoms with Gasteiger partial charge in [-0.1, -0.05) is 0 Å². The predicted molar refractivity (Wildman–Crippen MR) is 112 cm³/mol. The summed E-state index contributed by atoms with van der Waals surface area (Å²) in [5.74, 6) is 0.166. The number of rotatable bonds is 8. The van der Waals surface area contributed by atoms with Crippen LogP contribution in [-0.2, 0) is 19.6 Å². The van der Waals surface area contributed by atoms with Crippen molar-refractivity contribution in [1.29, 1.82) is 0 Å². The summed E-state index contributed by atoms with van der Waals surface area (Å²) >= 11 is 0. The molecule has 0 bridgehead atoms. The van der Waals surface area contributed by atoms with Crippen LogP contribution in [0.3, 0.4) is 0 Å². The van der Waals surface area contributed by atoms with Crippen LogP contribution in [0.4, 0.5) is 13.2 Å².